The third-order valence-electron chi connectivity index (χ3n) is 25.6. The van der Waals surface area contributed by atoms with Gasteiger partial charge < -0.3 is 9.11 Å². The van der Waals surface area contributed by atoms with Gasteiger partial charge in [-0.1, -0.05) is 603 Å². The van der Waals surface area contributed by atoms with Gasteiger partial charge in [-0.25, -0.2) is 16.8 Å². The van der Waals surface area contributed by atoms with Crippen LogP contribution in [0.3, 0.4) is 0 Å². The summed E-state index contributed by atoms with van der Waals surface area (Å²) in [6, 6.07) is 12.8. The van der Waals surface area contributed by atoms with Crippen molar-refractivity contribution in [1.82, 2.24) is 0 Å². The maximum atomic E-state index is 11.0. The fourth-order valence-electron chi connectivity index (χ4n) is 17.7. The Morgan fingerprint density at radius 3 is 0.330 bits per heavy atom. The number of hydrogen-bond acceptors (Lipinski definition) is 6. The van der Waals surface area contributed by atoms with E-state index in [-0.39, 0.29) is 32.8 Å². The largest absolute Gasteiger partial charge is 2.00 e. The maximum Gasteiger partial charge on any atom is 2.00 e. The van der Waals surface area contributed by atoms with Crippen molar-refractivity contribution in [3.63, 3.8) is 0 Å². The van der Waals surface area contributed by atoms with Gasteiger partial charge in [0.05, 0.1) is 9.79 Å². The molecule has 0 unspecified atom stereocenters. The van der Waals surface area contributed by atoms with Crippen molar-refractivity contribution in [3.05, 3.63) is 59.7 Å². The maximum absolute atomic E-state index is 11.0. The summed E-state index contributed by atoms with van der Waals surface area (Å²) in [6.45, 7) is 4.61. The van der Waals surface area contributed by atoms with Crippen molar-refractivity contribution >= 4 is 43.3 Å². The van der Waals surface area contributed by atoms with Crippen LogP contribution in [0.15, 0.2) is 58.3 Å². The van der Waals surface area contributed by atoms with Crippen LogP contribution in [0.5, 0.6) is 0 Å². The van der Waals surface area contributed by atoms with E-state index in [9.17, 15) is 25.9 Å². The molecule has 0 amide bonds. The van der Waals surface area contributed by atoms with Crippen LogP contribution in [0, 0.1) is 0 Å². The van der Waals surface area contributed by atoms with E-state index < -0.39 is 20.2 Å². The van der Waals surface area contributed by atoms with Gasteiger partial charge in [-0.3, -0.25) is 0 Å². The van der Waals surface area contributed by atoms with Gasteiger partial charge in [0.15, 0.2) is 0 Å². The van der Waals surface area contributed by atoms with Gasteiger partial charge >= 0.3 is 23.1 Å². The fourth-order valence-corrected chi connectivity index (χ4v) is 18.6. The van der Waals surface area contributed by atoms with E-state index in [0.29, 0.717) is 0 Å². The summed E-state index contributed by atoms with van der Waals surface area (Å²) < 4.78 is 66.2. The molecule has 2 aromatic rings. The Hall–Kier alpha value is -0.974. The van der Waals surface area contributed by atoms with E-state index in [1.165, 1.54) is 589 Å². The third-order valence-corrected chi connectivity index (χ3v) is 27.3. The Labute approximate surface area is 737 Å². The summed E-state index contributed by atoms with van der Waals surface area (Å²) in [7, 11) is -8.67. The molecule has 6 nitrogen and oxygen atoms in total. The average Bonchev–Trinajstić information content (AvgIpc) is 0.868. The van der Waals surface area contributed by atoms with Crippen LogP contribution < -0.4 is 0 Å². The van der Waals surface area contributed by atoms with Crippen molar-refractivity contribution in [2.24, 2.45) is 0 Å². The predicted molar refractivity (Wildman–Crippen MR) is 509 cm³/mol. The van der Waals surface area contributed by atoms with Crippen molar-refractivity contribution in [1.29, 1.82) is 0 Å². The van der Waals surface area contributed by atoms with E-state index in [1.54, 1.807) is 24.3 Å². The van der Waals surface area contributed by atoms with Gasteiger partial charge in [-0.15, -0.1) is 0 Å². The molecule has 0 radical (unpaired) electrons. The Kier molecular flexibility index (Phi) is 92.9. The van der Waals surface area contributed by atoms with Crippen LogP contribution in [-0.2, 0) is 33.1 Å². The molecule has 2 aromatic carbocycles. The first-order chi connectivity index (χ1) is 56.1. The minimum atomic E-state index is -4.33. The summed E-state index contributed by atoms with van der Waals surface area (Å²) in [5.41, 5.74) is 2.23. The number of hydrogen-bond donors (Lipinski definition) is 0. The fraction of sp³-hybridized carbons (Fsp3) is 0.887. The van der Waals surface area contributed by atoms with E-state index in [2.05, 4.69) is 13.8 Å². The molecule has 9 heteroatoms. The van der Waals surface area contributed by atoms with Gasteiger partial charge in [0.1, 0.15) is 20.2 Å². The molecule has 0 spiro atoms. The molecule has 0 aliphatic heterocycles. The van der Waals surface area contributed by atoms with Crippen molar-refractivity contribution in [2.45, 2.75) is 614 Å². The van der Waals surface area contributed by atoms with E-state index in [4.69, 9.17) is 0 Å². The molecule has 0 saturated carbocycles. The number of rotatable bonds is 94. The number of unbranched alkanes of at least 4 members (excludes halogenated alkanes) is 88. The van der Waals surface area contributed by atoms with Gasteiger partial charge in [0, 0.05) is 0 Å². The van der Waals surface area contributed by atoms with Crippen LogP contribution in [0.1, 0.15) is 603 Å². The Morgan fingerprint density at radius 2 is 0.243 bits per heavy atom. The molecule has 0 saturated heterocycles. The summed E-state index contributed by atoms with van der Waals surface area (Å²) >= 11 is 0. The predicted octanol–water partition coefficient (Wildman–Crippen LogP) is 37.0. The molecular formula is C106H198MgO6S2. The second-order valence-corrected chi connectivity index (χ2v) is 39.6. The summed E-state index contributed by atoms with van der Waals surface area (Å²) in [5.74, 6) is 0. The second kappa shape index (κ2) is 93.7. The quantitative estimate of drug-likeness (QED) is 0.0370. The molecule has 0 aliphatic rings. The average molecular weight is 1660 g/mol. The first-order valence-electron chi connectivity index (χ1n) is 52.2. The molecule has 672 valence electrons. The Morgan fingerprint density at radius 1 is 0.157 bits per heavy atom. The molecule has 115 heavy (non-hydrogen) atoms. The smallest absolute Gasteiger partial charge is 0.744 e. The van der Waals surface area contributed by atoms with Crippen molar-refractivity contribution < 1.29 is 25.9 Å². The minimum Gasteiger partial charge on any atom is -0.744 e. The minimum absolute atomic E-state index is 0. The first-order valence-corrected chi connectivity index (χ1v) is 55.0. The zero-order chi connectivity index (χ0) is 82.0. The second-order valence-electron chi connectivity index (χ2n) is 36.8. The molecular weight excluding hydrogens is 1460 g/mol. The van der Waals surface area contributed by atoms with E-state index in [1.807, 2.05) is 0 Å². The normalized spacial score (nSPS) is 11.8. The zero-order valence-corrected chi connectivity index (χ0v) is 80.7. The van der Waals surface area contributed by atoms with E-state index >= 15 is 0 Å². The number of benzene rings is 2. The monoisotopic (exact) mass is 1660 g/mol. The molecule has 0 bridgehead atoms. The summed E-state index contributed by atoms with van der Waals surface area (Å²) in [4.78, 5) is -0.262. The SMILES string of the molecule is CCCCCCCCCCCCCCCCCCCCCCCCCCCCCCCCCCCCCCCCCCCCCCCc1ccc(S(=O)(=O)[O-])cc1.CCCCCCCCCCCCCCCCCCCCCCCCCCCCCCCCCCCCCCCCCCCCCCCc1ccc(S(=O)(=O)[O-])cc1.[Mg+2]. The molecule has 0 aromatic heterocycles. The zero-order valence-electron chi connectivity index (χ0n) is 77.6. The van der Waals surface area contributed by atoms with E-state index in [0.717, 1.165) is 36.8 Å². The third kappa shape index (κ3) is 89.1. The van der Waals surface area contributed by atoms with Crippen LogP contribution in [0.25, 0.3) is 0 Å². The Bertz CT molecular complexity index is 2210. The van der Waals surface area contributed by atoms with Crippen molar-refractivity contribution in [2.75, 3.05) is 0 Å². The van der Waals surface area contributed by atoms with Crippen LogP contribution in [0.4, 0.5) is 0 Å². The van der Waals surface area contributed by atoms with Crippen LogP contribution in [0.2, 0.25) is 0 Å². The van der Waals surface area contributed by atoms with Crippen LogP contribution >= 0.6 is 0 Å². The standard InChI is InChI=1S/2C53H100O3S.Mg/c2*1-2-3-4-5-6-7-8-9-10-11-12-13-14-15-16-17-18-19-20-21-22-23-24-25-26-27-28-29-30-31-32-33-34-35-36-37-38-39-40-41-42-43-44-45-46-47-52-48-50-53(51-49-52)57(54,55)56;/h2*48-51H,2-47H2,1H3,(H,54,55,56);/q;;+2/p-2. The topological polar surface area (TPSA) is 114 Å². The molecule has 2 rings (SSSR count). The molecule has 0 heterocycles. The molecule has 0 fully saturated rings. The molecule has 0 atom stereocenters. The van der Waals surface area contributed by atoms with Gasteiger partial charge in [-0.2, -0.15) is 0 Å². The van der Waals surface area contributed by atoms with Gasteiger partial charge in [-0.05, 0) is 61.1 Å². The van der Waals surface area contributed by atoms with Gasteiger partial charge in [0.25, 0.3) is 0 Å². The number of aryl methyl sites for hydroxylation is 2. The molecule has 0 aliphatic carbocycles. The van der Waals surface area contributed by atoms with Crippen molar-refractivity contribution in [3.8, 4) is 0 Å². The van der Waals surface area contributed by atoms with Gasteiger partial charge in [0.2, 0.25) is 0 Å². The first kappa shape index (κ1) is 114. The van der Waals surface area contributed by atoms with Crippen LogP contribution in [-0.4, -0.2) is 49.0 Å². The Balaban J connectivity index is 0.00000224. The molecule has 0 N–H and O–H groups in total. The summed E-state index contributed by atoms with van der Waals surface area (Å²) in [5, 5.41) is 0. The summed E-state index contributed by atoms with van der Waals surface area (Å²) in [6.07, 6.45) is 132.